The molecule has 0 aliphatic heterocycles. The summed E-state index contributed by atoms with van der Waals surface area (Å²) in [5.74, 6) is 0.202. The smallest absolute Gasteiger partial charge is 0.270 e. The summed E-state index contributed by atoms with van der Waals surface area (Å²) in [7, 11) is 0. The van der Waals surface area contributed by atoms with Crippen LogP contribution < -0.4 is 11.0 Å². The van der Waals surface area contributed by atoms with Crippen LogP contribution in [-0.2, 0) is 4.79 Å². The predicted octanol–water partition coefficient (Wildman–Crippen LogP) is 2.73. The second-order valence-electron chi connectivity index (χ2n) is 5.05. The lowest BCUT2D eigenvalue weighted by atomic mass is 10.1. The maximum atomic E-state index is 12.1. The van der Waals surface area contributed by atoms with E-state index in [1.807, 2.05) is 6.07 Å². The van der Waals surface area contributed by atoms with E-state index in [4.69, 9.17) is 16.8 Å². The van der Waals surface area contributed by atoms with Crippen molar-refractivity contribution < 1.29 is 10.0 Å². The minimum atomic E-state index is -0.496. The summed E-state index contributed by atoms with van der Waals surface area (Å²) in [6, 6.07) is 8.62. The van der Waals surface area contributed by atoms with E-state index in [1.54, 1.807) is 29.7 Å². The van der Waals surface area contributed by atoms with Gasteiger partial charge in [-0.1, -0.05) is 35.5 Å². The third-order valence-corrected chi connectivity index (χ3v) is 4.50. The first-order valence-corrected chi connectivity index (χ1v) is 8.77. The molecule has 0 radical (unpaired) electrons. The predicted molar refractivity (Wildman–Crippen MR) is 94.5 cm³/mol. The molecule has 0 aliphatic carbocycles. The fourth-order valence-corrected chi connectivity index (χ4v) is 3.04. The molecule has 3 N–H and O–H groups in total. The minimum absolute atomic E-state index is 0.0497. The number of halogens is 1. The number of rotatable bonds is 7. The molecule has 0 spiro atoms. The third kappa shape index (κ3) is 5.32. The van der Waals surface area contributed by atoms with Gasteiger partial charge in [0, 0.05) is 22.8 Å². The molecule has 0 bridgehead atoms. The number of H-pyrrole nitrogens is 1. The Kier molecular flexibility index (Phi) is 7.01. The lowest BCUT2D eigenvalue weighted by Gasteiger charge is -2.06. The monoisotopic (exact) mass is 378 g/mol. The second kappa shape index (κ2) is 9.22. The number of unbranched alkanes of at least 4 members (excludes halogenated alkanes) is 1. The summed E-state index contributed by atoms with van der Waals surface area (Å²) >= 11 is 7.19. The van der Waals surface area contributed by atoms with Crippen LogP contribution >= 0.6 is 23.4 Å². The van der Waals surface area contributed by atoms with Crippen molar-refractivity contribution in [2.24, 2.45) is 0 Å². The third-order valence-electron chi connectivity index (χ3n) is 3.29. The summed E-state index contributed by atoms with van der Waals surface area (Å²) < 4.78 is 0. The van der Waals surface area contributed by atoms with Gasteiger partial charge in [0.1, 0.15) is 11.6 Å². The molecule has 0 atom stereocenters. The summed E-state index contributed by atoms with van der Waals surface area (Å²) in [4.78, 5) is 30.0. The average Bonchev–Trinajstić information content (AvgIpc) is 2.61. The summed E-state index contributed by atoms with van der Waals surface area (Å²) in [6.45, 7) is 0. The molecule has 7 nitrogen and oxygen atoms in total. The molecular weight excluding hydrogens is 364 g/mol. The number of hydrogen-bond donors (Lipinski definition) is 3. The van der Waals surface area contributed by atoms with Crippen LogP contribution in [0.25, 0.3) is 11.3 Å². The molecule has 1 amide bonds. The molecule has 2 aromatic rings. The van der Waals surface area contributed by atoms with Crippen LogP contribution in [0.4, 0.5) is 0 Å². The second-order valence-corrected chi connectivity index (χ2v) is 6.57. The molecule has 1 aromatic carbocycles. The lowest BCUT2D eigenvalue weighted by molar-refractivity contribution is -0.129. The maximum absolute atomic E-state index is 12.1. The van der Waals surface area contributed by atoms with Crippen molar-refractivity contribution in [1.82, 2.24) is 15.4 Å². The first kappa shape index (κ1) is 19.0. The molecule has 0 aliphatic rings. The molecule has 1 heterocycles. The number of amides is 1. The van der Waals surface area contributed by atoms with E-state index in [-0.39, 0.29) is 12.0 Å². The van der Waals surface area contributed by atoms with Crippen LogP contribution in [-0.4, -0.2) is 26.8 Å². The number of nitrogens with zero attached hydrogens (tertiary/aromatic N) is 2. The van der Waals surface area contributed by atoms with Crippen molar-refractivity contribution in [3.63, 3.8) is 0 Å². The van der Waals surface area contributed by atoms with Crippen LogP contribution in [0, 0.1) is 11.3 Å². The zero-order valence-electron chi connectivity index (χ0n) is 13.1. The van der Waals surface area contributed by atoms with E-state index in [9.17, 15) is 14.9 Å². The normalized spacial score (nSPS) is 10.3. The van der Waals surface area contributed by atoms with Crippen molar-refractivity contribution >= 4 is 29.3 Å². The zero-order valence-corrected chi connectivity index (χ0v) is 14.7. The maximum Gasteiger partial charge on any atom is 0.270 e. The van der Waals surface area contributed by atoms with Crippen LogP contribution in [0.3, 0.4) is 0 Å². The summed E-state index contributed by atoms with van der Waals surface area (Å²) in [5.41, 5.74) is 1.98. The molecular formula is C16H15ClN4O3S. The number of carbonyl (C=O) groups is 1. The molecule has 1 aromatic heterocycles. The Morgan fingerprint density at radius 3 is 2.72 bits per heavy atom. The molecule has 130 valence electrons. The van der Waals surface area contributed by atoms with Crippen molar-refractivity contribution in [3.8, 4) is 17.3 Å². The number of hydroxylamine groups is 1. The standard InChI is InChI=1S/C16H15ClN4O3S/c17-11-6-4-10(5-7-11)14-12(9-18)15(23)20-16(19-14)25-8-2-1-3-13(22)21-24/h4-7,24H,1-3,8H2,(H,21,22)(H,19,20,23). The number of aromatic amines is 1. The Hall–Kier alpha value is -2.34. The highest BCUT2D eigenvalue weighted by molar-refractivity contribution is 7.99. The number of aromatic nitrogens is 2. The van der Waals surface area contributed by atoms with Gasteiger partial charge in [-0.2, -0.15) is 5.26 Å². The highest BCUT2D eigenvalue weighted by atomic mass is 35.5. The van der Waals surface area contributed by atoms with E-state index in [0.29, 0.717) is 40.0 Å². The minimum Gasteiger partial charge on any atom is -0.300 e. The van der Waals surface area contributed by atoms with Crippen LogP contribution in [0.2, 0.25) is 5.02 Å². The topological polar surface area (TPSA) is 119 Å². The van der Waals surface area contributed by atoms with Gasteiger partial charge in [-0.25, -0.2) is 10.5 Å². The van der Waals surface area contributed by atoms with E-state index >= 15 is 0 Å². The molecule has 0 unspecified atom stereocenters. The molecule has 25 heavy (non-hydrogen) atoms. The van der Waals surface area contributed by atoms with Crippen LogP contribution in [0.5, 0.6) is 0 Å². The molecule has 0 fully saturated rings. The van der Waals surface area contributed by atoms with Crippen molar-refractivity contribution in [1.29, 1.82) is 5.26 Å². The number of thioether (sulfide) groups is 1. The Morgan fingerprint density at radius 2 is 2.08 bits per heavy atom. The Morgan fingerprint density at radius 1 is 1.36 bits per heavy atom. The highest BCUT2D eigenvalue weighted by Crippen LogP contribution is 2.24. The highest BCUT2D eigenvalue weighted by Gasteiger charge is 2.13. The quantitative estimate of drug-likeness (QED) is 0.224. The van der Waals surface area contributed by atoms with Gasteiger partial charge < -0.3 is 4.98 Å². The molecule has 2 rings (SSSR count). The van der Waals surface area contributed by atoms with Gasteiger partial charge >= 0.3 is 0 Å². The van der Waals surface area contributed by atoms with Crippen molar-refractivity contribution in [2.45, 2.75) is 24.4 Å². The van der Waals surface area contributed by atoms with Crippen molar-refractivity contribution in [2.75, 3.05) is 5.75 Å². The number of hydrogen-bond acceptors (Lipinski definition) is 6. The van der Waals surface area contributed by atoms with Gasteiger partial charge in [-0.3, -0.25) is 14.8 Å². The zero-order chi connectivity index (χ0) is 18.2. The molecule has 0 saturated heterocycles. The van der Waals surface area contributed by atoms with Gasteiger partial charge in [0.25, 0.3) is 5.56 Å². The van der Waals surface area contributed by atoms with E-state index in [0.717, 1.165) is 0 Å². The summed E-state index contributed by atoms with van der Waals surface area (Å²) in [6.07, 6.45) is 1.53. The average molecular weight is 379 g/mol. The summed E-state index contributed by atoms with van der Waals surface area (Å²) in [5, 5.41) is 18.6. The van der Waals surface area contributed by atoms with Gasteiger partial charge in [0.05, 0.1) is 5.69 Å². The Labute approximate surface area is 153 Å². The number of nitriles is 1. The van der Waals surface area contributed by atoms with E-state index < -0.39 is 11.5 Å². The van der Waals surface area contributed by atoms with Crippen LogP contribution in [0.1, 0.15) is 24.8 Å². The molecule has 9 heteroatoms. The first-order chi connectivity index (χ1) is 12.0. The van der Waals surface area contributed by atoms with E-state index in [2.05, 4.69) is 9.97 Å². The van der Waals surface area contributed by atoms with Gasteiger partial charge in [-0.15, -0.1) is 0 Å². The SMILES string of the molecule is N#Cc1c(-c2ccc(Cl)cc2)nc(SCCCCC(=O)NO)[nH]c1=O. The Balaban J connectivity index is 2.13. The van der Waals surface area contributed by atoms with Gasteiger partial charge in [0.2, 0.25) is 5.91 Å². The largest absolute Gasteiger partial charge is 0.300 e. The van der Waals surface area contributed by atoms with E-state index in [1.165, 1.54) is 11.8 Å². The Bertz CT molecular complexity index is 846. The van der Waals surface area contributed by atoms with Crippen molar-refractivity contribution in [3.05, 3.63) is 45.2 Å². The van der Waals surface area contributed by atoms with Crippen LogP contribution in [0.15, 0.2) is 34.2 Å². The number of benzene rings is 1. The molecule has 0 saturated carbocycles. The van der Waals surface area contributed by atoms with Gasteiger partial charge in [-0.05, 0) is 25.0 Å². The van der Waals surface area contributed by atoms with Gasteiger partial charge in [0.15, 0.2) is 5.16 Å². The number of carbonyl (C=O) groups excluding carboxylic acids is 1. The number of nitrogens with one attached hydrogen (secondary N) is 2. The lowest BCUT2D eigenvalue weighted by Crippen LogP contribution is -2.17. The first-order valence-electron chi connectivity index (χ1n) is 7.41. The fraction of sp³-hybridized carbons (Fsp3) is 0.250. The fourth-order valence-electron chi connectivity index (χ4n) is 2.05.